The molecule has 0 bridgehead atoms. The summed E-state index contributed by atoms with van der Waals surface area (Å²) in [7, 11) is 0. The molecule has 0 aliphatic carbocycles. The third kappa shape index (κ3) is 14.8. The first kappa shape index (κ1) is 31.0. The second-order valence-corrected chi connectivity index (χ2v) is 10.5. The van der Waals surface area contributed by atoms with Gasteiger partial charge in [0.15, 0.2) is 0 Å². The molecule has 5 heteroatoms. The summed E-state index contributed by atoms with van der Waals surface area (Å²) in [5, 5.41) is 3.42. The summed E-state index contributed by atoms with van der Waals surface area (Å²) in [5.74, 6) is -1.08. The molecule has 0 saturated carbocycles. The summed E-state index contributed by atoms with van der Waals surface area (Å²) < 4.78 is 10.5. The van der Waals surface area contributed by atoms with Crippen molar-refractivity contribution >= 4 is 17.6 Å². The Balaban J connectivity index is 2.10. The molecule has 0 unspecified atom stereocenters. The minimum absolute atomic E-state index is 0.259. The van der Waals surface area contributed by atoms with Gasteiger partial charge in [0.05, 0.1) is 11.7 Å². The number of esters is 2. The van der Waals surface area contributed by atoms with Gasteiger partial charge >= 0.3 is 11.9 Å². The maximum atomic E-state index is 12.4. The smallest absolute Gasteiger partial charge is 0.350 e. The lowest BCUT2D eigenvalue weighted by Gasteiger charge is -2.24. The first-order chi connectivity index (χ1) is 16.8. The molecule has 1 aromatic rings. The molecular weight excluding hydrogens is 438 g/mol. The third-order valence-electron chi connectivity index (χ3n) is 6.16. The highest BCUT2D eigenvalue weighted by molar-refractivity contribution is 5.92. The van der Waals surface area contributed by atoms with Crippen molar-refractivity contribution < 1.29 is 19.1 Å². The van der Waals surface area contributed by atoms with Crippen LogP contribution in [0.25, 0.3) is 0 Å². The molecule has 0 aromatic heterocycles. The summed E-state index contributed by atoms with van der Waals surface area (Å²) in [6.07, 6.45) is 18.8. The Morgan fingerprint density at radius 3 is 1.69 bits per heavy atom. The number of ether oxygens (including phenoxy) is 2. The summed E-state index contributed by atoms with van der Waals surface area (Å²) >= 11 is 0. The van der Waals surface area contributed by atoms with E-state index >= 15 is 0 Å². The summed E-state index contributed by atoms with van der Waals surface area (Å²) in [6, 6.07) is 7.19. The van der Waals surface area contributed by atoms with Gasteiger partial charge in [0.2, 0.25) is 5.60 Å². The van der Waals surface area contributed by atoms with Crippen LogP contribution in [0.15, 0.2) is 24.3 Å². The molecule has 0 amide bonds. The van der Waals surface area contributed by atoms with E-state index < -0.39 is 17.5 Å². The normalized spacial score (nSPS) is 11.5. The van der Waals surface area contributed by atoms with Crippen molar-refractivity contribution in [3.63, 3.8) is 0 Å². The van der Waals surface area contributed by atoms with Gasteiger partial charge in [-0.05, 0) is 58.4 Å². The Hall–Kier alpha value is -2.04. The number of hydrogen-bond donors (Lipinski definition) is 1. The van der Waals surface area contributed by atoms with Crippen LogP contribution in [0.1, 0.15) is 135 Å². The van der Waals surface area contributed by atoms with Crippen LogP contribution in [0, 0.1) is 0 Å². The molecule has 1 aromatic carbocycles. The van der Waals surface area contributed by atoms with Crippen LogP contribution < -0.4 is 5.32 Å². The van der Waals surface area contributed by atoms with E-state index in [4.69, 9.17) is 9.47 Å². The minimum Gasteiger partial charge on any atom is -0.460 e. The van der Waals surface area contributed by atoms with Crippen LogP contribution in [0.3, 0.4) is 0 Å². The van der Waals surface area contributed by atoms with Crippen molar-refractivity contribution in [2.45, 2.75) is 136 Å². The van der Waals surface area contributed by atoms with E-state index in [-0.39, 0.29) is 6.10 Å². The van der Waals surface area contributed by atoms with Crippen LogP contribution in [-0.4, -0.2) is 30.2 Å². The number of carbonyl (C=O) groups is 2. The van der Waals surface area contributed by atoms with E-state index in [1.54, 1.807) is 39.8 Å². The van der Waals surface area contributed by atoms with E-state index in [1.165, 1.54) is 83.5 Å². The highest BCUT2D eigenvalue weighted by Crippen LogP contribution is 2.18. The zero-order valence-corrected chi connectivity index (χ0v) is 23.1. The molecule has 35 heavy (non-hydrogen) atoms. The molecule has 0 aliphatic rings. The van der Waals surface area contributed by atoms with Gasteiger partial charge in [-0.25, -0.2) is 9.59 Å². The van der Waals surface area contributed by atoms with Gasteiger partial charge in [-0.15, -0.1) is 0 Å². The standard InChI is InChI=1S/C30H51NO4/c1-6-7-8-9-10-11-12-13-14-15-16-17-18-19-24-31-27-22-20-26(21-23-27)28(32)35-30(4,5)29(33)34-25(2)3/h20-23,25,31H,6-19,24H2,1-5H3. The fourth-order valence-electron chi connectivity index (χ4n) is 3.96. The van der Waals surface area contributed by atoms with Gasteiger partial charge in [0.25, 0.3) is 0 Å². The number of nitrogens with one attached hydrogen (secondary N) is 1. The van der Waals surface area contributed by atoms with Gasteiger partial charge in [0, 0.05) is 12.2 Å². The SMILES string of the molecule is CCCCCCCCCCCCCCCCNc1ccc(C(=O)OC(C)(C)C(=O)OC(C)C)cc1. The fourth-order valence-corrected chi connectivity index (χ4v) is 3.96. The highest BCUT2D eigenvalue weighted by Gasteiger charge is 2.34. The van der Waals surface area contributed by atoms with Gasteiger partial charge in [-0.2, -0.15) is 0 Å². The Morgan fingerprint density at radius 2 is 1.23 bits per heavy atom. The zero-order valence-electron chi connectivity index (χ0n) is 23.1. The van der Waals surface area contributed by atoms with Gasteiger partial charge in [-0.3, -0.25) is 0 Å². The summed E-state index contributed by atoms with van der Waals surface area (Å²) in [6.45, 7) is 9.82. The van der Waals surface area contributed by atoms with Gasteiger partial charge < -0.3 is 14.8 Å². The first-order valence-corrected chi connectivity index (χ1v) is 14.0. The molecule has 5 nitrogen and oxygen atoms in total. The Kier molecular flexibility index (Phi) is 16.2. The summed E-state index contributed by atoms with van der Waals surface area (Å²) in [5.41, 5.74) is 0.0683. The van der Waals surface area contributed by atoms with Crippen LogP contribution in [-0.2, 0) is 14.3 Å². The lowest BCUT2D eigenvalue weighted by atomic mass is 10.0. The van der Waals surface area contributed by atoms with Crippen molar-refractivity contribution in [1.82, 2.24) is 0 Å². The van der Waals surface area contributed by atoms with Gasteiger partial charge in [0.1, 0.15) is 0 Å². The van der Waals surface area contributed by atoms with Crippen molar-refractivity contribution in [2.75, 3.05) is 11.9 Å². The zero-order chi connectivity index (χ0) is 25.9. The topological polar surface area (TPSA) is 64.6 Å². The fraction of sp³-hybridized carbons (Fsp3) is 0.733. The maximum absolute atomic E-state index is 12.4. The molecule has 1 rings (SSSR count). The number of benzene rings is 1. The quantitative estimate of drug-likeness (QED) is 0.147. The predicted octanol–water partition coefficient (Wildman–Crippen LogP) is 8.47. The van der Waals surface area contributed by atoms with Gasteiger partial charge in [-0.1, -0.05) is 90.4 Å². The van der Waals surface area contributed by atoms with E-state index in [2.05, 4.69) is 12.2 Å². The van der Waals surface area contributed by atoms with Crippen LogP contribution in [0.4, 0.5) is 5.69 Å². The molecule has 200 valence electrons. The molecule has 0 heterocycles. The molecule has 0 saturated heterocycles. The molecular formula is C30H51NO4. The monoisotopic (exact) mass is 489 g/mol. The number of anilines is 1. The third-order valence-corrected chi connectivity index (χ3v) is 6.16. The minimum atomic E-state index is -1.33. The maximum Gasteiger partial charge on any atom is 0.350 e. The van der Waals surface area contributed by atoms with Crippen LogP contribution in [0.5, 0.6) is 0 Å². The van der Waals surface area contributed by atoms with E-state index in [0.29, 0.717) is 5.56 Å². The first-order valence-electron chi connectivity index (χ1n) is 14.0. The molecule has 0 fully saturated rings. The van der Waals surface area contributed by atoms with Crippen LogP contribution in [0.2, 0.25) is 0 Å². The van der Waals surface area contributed by atoms with Crippen LogP contribution >= 0.6 is 0 Å². The highest BCUT2D eigenvalue weighted by atomic mass is 16.6. The second-order valence-electron chi connectivity index (χ2n) is 10.5. The number of carbonyl (C=O) groups excluding carboxylic acids is 2. The second kappa shape index (κ2) is 18.3. The molecule has 0 aliphatic heterocycles. The Morgan fingerprint density at radius 1 is 0.771 bits per heavy atom. The van der Waals surface area contributed by atoms with E-state index in [1.807, 2.05) is 12.1 Å². The molecule has 0 radical (unpaired) electrons. The van der Waals surface area contributed by atoms with Crippen molar-refractivity contribution in [2.24, 2.45) is 0 Å². The Bertz CT molecular complexity index is 697. The average molecular weight is 490 g/mol. The predicted molar refractivity (Wildman–Crippen MR) is 146 cm³/mol. The summed E-state index contributed by atoms with van der Waals surface area (Å²) in [4.78, 5) is 24.5. The number of unbranched alkanes of at least 4 members (excludes halogenated alkanes) is 13. The average Bonchev–Trinajstić information content (AvgIpc) is 2.81. The lowest BCUT2D eigenvalue weighted by Crippen LogP contribution is -2.39. The Labute approximate surface area is 214 Å². The van der Waals surface area contributed by atoms with E-state index in [0.717, 1.165) is 18.7 Å². The van der Waals surface area contributed by atoms with Crippen molar-refractivity contribution in [3.05, 3.63) is 29.8 Å². The number of hydrogen-bond acceptors (Lipinski definition) is 5. The van der Waals surface area contributed by atoms with E-state index in [9.17, 15) is 9.59 Å². The molecule has 0 spiro atoms. The largest absolute Gasteiger partial charge is 0.460 e. The molecule has 0 atom stereocenters. The van der Waals surface area contributed by atoms with Crippen molar-refractivity contribution in [1.29, 1.82) is 0 Å². The number of rotatable bonds is 20. The van der Waals surface area contributed by atoms with Crippen molar-refractivity contribution in [3.8, 4) is 0 Å². The lowest BCUT2D eigenvalue weighted by molar-refractivity contribution is -0.166. The molecule has 1 N–H and O–H groups in total.